The van der Waals surface area contributed by atoms with Crippen LogP contribution in [-0.4, -0.2) is 31.7 Å². The Kier molecular flexibility index (Phi) is 4.62. The molecular formula is C14H20FN3O3. The number of nitro benzene ring substituents is 1. The van der Waals surface area contributed by atoms with Crippen LogP contribution in [0.4, 0.5) is 15.8 Å². The van der Waals surface area contributed by atoms with Gasteiger partial charge in [0.05, 0.1) is 18.1 Å². The summed E-state index contributed by atoms with van der Waals surface area (Å²) in [7, 11) is 1.34. The topological polar surface area (TPSA) is 76.4 Å². The Morgan fingerprint density at radius 1 is 1.48 bits per heavy atom. The molecule has 0 aromatic heterocycles. The smallest absolute Gasteiger partial charge is 0.295 e. The largest absolute Gasteiger partial charge is 0.494 e. The van der Waals surface area contributed by atoms with Gasteiger partial charge in [0.25, 0.3) is 5.69 Å². The van der Waals surface area contributed by atoms with E-state index in [1.54, 1.807) is 0 Å². The Morgan fingerprint density at radius 3 is 2.71 bits per heavy atom. The van der Waals surface area contributed by atoms with Crippen molar-refractivity contribution in [3.8, 4) is 5.75 Å². The molecule has 116 valence electrons. The van der Waals surface area contributed by atoms with Gasteiger partial charge in [-0.25, -0.2) is 4.39 Å². The molecule has 0 spiro atoms. The molecule has 0 amide bonds. The molecule has 7 heteroatoms. The first-order valence-electron chi connectivity index (χ1n) is 6.92. The lowest BCUT2D eigenvalue weighted by molar-refractivity contribution is -0.384. The molecule has 0 atom stereocenters. The lowest BCUT2D eigenvalue weighted by atomic mass is 9.81. The second-order valence-corrected chi connectivity index (χ2v) is 5.68. The summed E-state index contributed by atoms with van der Waals surface area (Å²) in [5.41, 5.74) is 0.0876. The van der Waals surface area contributed by atoms with E-state index in [1.165, 1.54) is 13.2 Å². The number of ether oxygens (including phenoxy) is 1. The van der Waals surface area contributed by atoms with Gasteiger partial charge in [0.1, 0.15) is 5.69 Å². The molecule has 1 aromatic rings. The fourth-order valence-electron chi connectivity index (χ4n) is 2.51. The minimum absolute atomic E-state index is 0.00133. The van der Waals surface area contributed by atoms with E-state index < -0.39 is 10.7 Å². The van der Waals surface area contributed by atoms with E-state index in [-0.39, 0.29) is 22.5 Å². The molecule has 1 aliphatic rings. The Bertz CT molecular complexity index is 530. The second-order valence-electron chi connectivity index (χ2n) is 5.68. The monoisotopic (exact) mass is 297 g/mol. The molecule has 2 N–H and O–H groups in total. The molecule has 1 saturated heterocycles. The predicted molar refractivity (Wildman–Crippen MR) is 78.3 cm³/mol. The van der Waals surface area contributed by atoms with Crippen LogP contribution in [0.5, 0.6) is 5.75 Å². The van der Waals surface area contributed by atoms with Gasteiger partial charge >= 0.3 is 0 Å². The van der Waals surface area contributed by atoms with Crippen molar-refractivity contribution in [1.82, 2.24) is 5.32 Å². The van der Waals surface area contributed by atoms with Gasteiger partial charge < -0.3 is 15.4 Å². The maximum absolute atomic E-state index is 13.6. The van der Waals surface area contributed by atoms with Gasteiger partial charge in [0.15, 0.2) is 11.6 Å². The average Bonchev–Trinajstić information content (AvgIpc) is 2.46. The predicted octanol–water partition coefficient (Wildman–Crippen LogP) is 2.54. The van der Waals surface area contributed by atoms with E-state index in [4.69, 9.17) is 4.74 Å². The number of hydrogen-bond donors (Lipinski definition) is 2. The fraction of sp³-hybridized carbons (Fsp3) is 0.571. The minimum atomic E-state index is -0.733. The summed E-state index contributed by atoms with van der Waals surface area (Å²) in [4.78, 5) is 10.5. The van der Waals surface area contributed by atoms with Crippen LogP contribution in [0, 0.1) is 21.3 Å². The van der Waals surface area contributed by atoms with Gasteiger partial charge in [-0.1, -0.05) is 6.92 Å². The quantitative estimate of drug-likeness (QED) is 0.645. The lowest BCUT2D eigenvalue weighted by Gasteiger charge is -2.34. The van der Waals surface area contributed by atoms with Gasteiger partial charge in [-0.05, 0) is 31.3 Å². The molecular weight excluding hydrogens is 277 g/mol. The van der Waals surface area contributed by atoms with Crippen LogP contribution in [0.1, 0.15) is 19.8 Å². The molecule has 0 radical (unpaired) electrons. The molecule has 0 bridgehead atoms. The number of benzene rings is 1. The highest BCUT2D eigenvalue weighted by Crippen LogP contribution is 2.34. The molecule has 21 heavy (non-hydrogen) atoms. The normalized spacial score (nSPS) is 17.3. The van der Waals surface area contributed by atoms with Crippen LogP contribution in [0.3, 0.4) is 0 Å². The summed E-state index contributed by atoms with van der Waals surface area (Å²) in [6.45, 7) is 4.62. The first kappa shape index (κ1) is 15.5. The number of anilines is 1. The molecule has 2 rings (SSSR count). The van der Waals surface area contributed by atoms with Crippen molar-refractivity contribution in [1.29, 1.82) is 0 Å². The first-order chi connectivity index (χ1) is 9.95. The zero-order valence-electron chi connectivity index (χ0n) is 12.2. The Morgan fingerprint density at radius 2 is 2.14 bits per heavy atom. The van der Waals surface area contributed by atoms with Crippen molar-refractivity contribution in [2.45, 2.75) is 19.8 Å². The third-order valence-corrected chi connectivity index (χ3v) is 3.98. The number of hydrogen-bond acceptors (Lipinski definition) is 5. The maximum atomic E-state index is 13.6. The lowest BCUT2D eigenvalue weighted by Crippen LogP contribution is -2.39. The summed E-state index contributed by atoms with van der Waals surface area (Å²) in [6, 6.07) is 2.24. The molecule has 1 heterocycles. The van der Waals surface area contributed by atoms with Crippen molar-refractivity contribution < 1.29 is 14.1 Å². The van der Waals surface area contributed by atoms with Crippen LogP contribution in [-0.2, 0) is 0 Å². The molecule has 6 nitrogen and oxygen atoms in total. The number of halogens is 1. The van der Waals surface area contributed by atoms with Gasteiger partial charge in [-0.3, -0.25) is 10.1 Å². The second kappa shape index (κ2) is 6.26. The molecule has 1 aliphatic heterocycles. The number of piperidine rings is 1. The van der Waals surface area contributed by atoms with Gasteiger partial charge in [0.2, 0.25) is 0 Å². The van der Waals surface area contributed by atoms with Gasteiger partial charge in [-0.2, -0.15) is 0 Å². The number of nitrogens with zero attached hydrogens (tertiary/aromatic N) is 1. The zero-order chi connectivity index (χ0) is 15.5. The van der Waals surface area contributed by atoms with Crippen LogP contribution in [0.15, 0.2) is 12.1 Å². The van der Waals surface area contributed by atoms with E-state index in [0.717, 1.165) is 32.0 Å². The van der Waals surface area contributed by atoms with Gasteiger partial charge in [-0.15, -0.1) is 0 Å². The molecule has 0 saturated carbocycles. The minimum Gasteiger partial charge on any atom is -0.494 e. The highest BCUT2D eigenvalue weighted by molar-refractivity contribution is 5.64. The van der Waals surface area contributed by atoms with E-state index in [0.29, 0.717) is 6.54 Å². The first-order valence-corrected chi connectivity index (χ1v) is 6.92. The summed E-state index contributed by atoms with van der Waals surface area (Å²) in [6.07, 6.45) is 1.98. The van der Waals surface area contributed by atoms with Gasteiger partial charge in [0, 0.05) is 12.6 Å². The standard InChI is InChI=1S/C14H20FN3O3/c1-14(3-5-16-6-4-14)9-17-11-8-13(21-2)10(15)7-12(11)18(19)20/h7-8,16-17H,3-6,9H2,1-2H3. The zero-order valence-corrected chi connectivity index (χ0v) is 12.2. The summed E-state index contributed by atoms with van der Waals surface area (Å²) in [5.74, 6) is -0.735. The highest BCUT2D eigenvalue weighted by atomic mass is 19.1. The van der Waals surface area contributed by atoms with Crippen molar-refractivity contribution in [2.24, 2.45) is 5.41 Å². The van der Waals surface area contributed by atoms with E-state index in [9.17, 15) is 14.5 Å². The van der Waals surface area contributed by atoms with Crippen molar-refractivity contribution in [3.63, 3.8) is 0 Å². The number of methoxy groups -OCH3 is 1. The summed E-state index contributed by atoms with van der Waals surface area (Å²) in [5, 5.41) is 17.4. The Balaban J connectivity index is 2.19. The van der Waals surface area contributed by atoms with E-state index in [1.807, 2.05) is 0 Å². The third kappa shape index (κ3) is 3.60. The molecule has 1 fully saturated rings. The third-order valence-electron chi connectivity index (χ3n) is 3.98. The number of nitro groups is 1. The Labute approximate surface area is 122 Å². The molecule has 0 aliphatic carbocycles. The highest BCUT2D eigenvalue weighted by Gasteiger charge is 2.28. The fourth-order valence-corrected chi connectivity index (χ4v) is 2.51. The molecule has 1 aromatic carbocycles. The van der Waals surface area contributed by atoms with Crippen molar-refractivity contribution >= 4 is 11.4 Å². The van der Waals surface area contributed by atoms with E-state index in [2.05, 4.69) is 17.6 Å². The number of rotatable bonds is 5. The SMILES string of the molecule is COc1cc(NCC2(C)CCNCC2)c([N+](=O)[O-])cc1F. The molecule has 0 unspecified atom stereocenters. The van der Waals surface area contributed by atoms with Crippen molar-refractivity contribution in [3.05, 3.63) is 28.1 Å². The summed E-state index contributed by atoms with van der Waals surface area (Å²) < 4.78 is 18.5. The average molecular weight is 297 g/mol. The van der Waals surface area contributed by atoms with Crippen LogP contribution in [0.25, 0.3) is 0 Å². The van der Waals surface area contributed by atoms with Crippen LogP contribution < -0.4 is 15.4 Å². The van der Waals surface area contributed by atoms with Crippen LogP contribution in [0.2, 0.25) is 0 Å². The van der Waals surface area contributed by atoms with Crippen LogP contribution >= 0.6 is 0 Å². The van der Waals surface area contributed by atoms with Crippen molar-refractivity contribution in [2.75, 3.05) is 32.1 Å². The Hall–Kier alpha value is -1.89. The maximum Gasteiger partial charge on any atom is 0.295 e. The summed E-state index contributed by atoms with van der Waals surface area (Å²) >= 11 is 0. The number of nitrogens with one attached hydrogen (secondary N) is 2. The van der Waals surface area contributed by atoms with E-state index >= 15 is 0 Å².